The van der Waals surface area contributed by atoms with E-state index in [4.69, 9.17) is 14.5 Å². The molecule has 1 aromatic carbocycles. The molecular weight excluding hydrogens is 548 g/mol. The third-order valence-electron chi connectivity index (χ3n) is 7.14. The minimum atomic E-state index is -0.559. The molecule has 228 valence electrons. The van der Waals surface area contributed by atoms with Gasteiger partial charge in [-0.05, 0) is 71.2 Å². The Bertz CT molecular complexity index is 1630. The lowest BCUT2D eigenvalue weighted by atomic mass is 10.1. The van der Waals surface area contributed by atoms with E-state index >= 15 is 0 Å². The zero-order valence-corrected chi connectivity index (χ0v) is 25.7. The highest BCUT2D eigenvalue weighted by Gasteiger charge is 2.22. The van der Waals surface area contributed by atoms with E-state index in [2.05, 4.69) is 30.2 Å². The van der Waals surface area contributed by atoms with E-state index in [9.17, 15) is 9.59 Å². The molecule has 2 N–H and O–H groups in total. The quantitative estimate of drug-likeness (QED) is 0.344. The summed E-state index contributed by atoms with van der Waals surface area (Å²) in [6.07, 6.45) is 3.91. The van der Waals surface area contributed by atoms with Gasteiger partial charge in [0.05, 0.1) is 40.8 Å². The molecule has 0 saturated carbocycles. The number of aromatic nitrogens is 5. The van der Waals surface area contributed by atoms with Crippen LogP contribution >= 0.6 is 0 Å². The Balaban J connectivity index is 1.46. The first kappa shape index (κ1) is 29.9. The van der Waals surface area contributed by atoms with Crippen LogP contribution in [0.25, 0.3) is 22.3 Å². The number of nitrogens with zero attached hydrogens (tertiary/aromatic N) is 6. The van der Waals surface area contributed by atoms with Crippen LogP contribution in [0.1, 0.15) is 56.1 Å². The average Bonchev–Trinajstić information content (AvgIpc) is 3.48. The molecule has 12 nitrogen and oxygen atoms in total. The second-order valence-electron chi connectivity index (χ2n) is 11.8. The predicted octanol–water partition coefficient (Wildman–Crippen LogP) is 4.92. The molecular formula is C31H40N8O4. The highest BCUT2D eigenvalue weighted by atomic mass is 16.6. The summed E-state index contributed by atoms with van der Waals surface area (Å²) in [5, 5.41) is 10.3. The van der Waals surface area contributed by atoms with Crippen molar-refractivity contribution in [2.75, 3.05) is 37.0 Å². The van der Waals surface area contributed by atoms with Crippen molar-refractivity contribution in [3.8, 4) is 17.1 Å². The summed E-state index contributed by atoms with van der Waals surface area (Å²) >= 11 is 0. The van der Waals surface area contributed by atoms with Crippen LogP contribution < -0.4 is 20.3 Å². The number of alkyl carbamates (subject to hydrolysis) is 1. The van der Waals surface area contributed by atoms with Gasteiger partial charge in [-0.2, -0.15) is 5.10 Å². The minimum absolute atomic E-state index is 0.277. The molecule has 3 aromatic heterocycles. The van der Waals surface area contributed by atoms with Gasteiger partial charge in [0.2, 0.25) is 11.8 Å². The lowest BCUT2D eigenvalue weighted by molar-refractivity contribution is 0.0529. The van der Waals surface area contributed by atoms with Gasteiger partial charge in [0.15, 0.2) is 0 Å². The van der Waals surface area contributed by atoms with Gasteiger partial charge < -0.3 is 24.3 Å². The number of imidazole rings is 1. The van der Waals surface area contributed by atoms with Gasteiger partial charge in [-0.15, -0.1) is 0 Å². The number of anilines is 2. The highest BCUT2D eigenvalue weighted by Crippen LogP contribution is 2.32. The first-order valence-electron chi connectivity index (χ1n) is 14.6. The van der Waals surface area contributed by atoms with Crippen LogP contribution in [0.3, 0.4) is 0 Å². The van der Waals surface area contributed by atoms with Gasteiger partial charge in [-0.3, -0.25) is 15.1 Å². The number of amides is 2. The first-order valence-corrected chi connectivity index (χ1v) is 14.6. The summed E-state index contributed by atoms with van der Waals surface area (Å²) in [6, 6.07) is 9.45. The largest absolute Gasteiger partial charge is 0.477 e. The minimum Gasteiger partial charge on any atom is -0.477 e. The smallest absolute Gasteiger partial charge is 0.407 e. The normalized spacial score (nSPS) is 14.0. The zero-order valence-electron chi connectivity index (χ0n) is 25.7. The van der Waals surface area contributed by atoms with E-state index in [0.717, 1.165) is 41.5 Å². The topological polar surface area (TPSA) is 128 Å². The Morgan fingerprint density at radius 3 is 2.79 bits per heavy atom. The number of ether oxygens (including phenoxy) is 2. The lowest BCUT2D eigenvalue weighted by Gasteiger charge is -2.23. The van der Waals surface area contributed by atoms with Crippen LogP contribution in [0.5, 0.6) is 5.88 Å². The Morgan fingerprint density at radius 2 is 2.00 bits per heavy atom. The van der Waals surface area contributed by atoms with Crippen molar-refractivity contribution in [1.29, 1.82) is 0 Å². The number of benzene rings is 1. The van der Waals surface area contributed by atoms with Crippen LogP contribution in [0.15, 0.2) is 36.5 Å². The maximum absolute atomic E-state index is 13.6. The maximum atomic E-state index is 13.6. The van der Waals surface area contributed by atoms with Gasteiger partial charge in [0, 0.05) is 45.0 Å². The maximum Gasteiger partial charge on any atom is 0.407 e. The number of aryl methyl sites for hydroxylation is 3. The number of pyridine rings is 1. The van der Waals surface area contributed by atoms with E-state index in [0.29, 0.717) is 55.0 Å². The van der Waals surface area contributed by atoms with E-state index < -0.39 is 11.7 Å². The summed E-state index contributed by atoms with van der Waals surface area (Å²) < 4.78 is 15.3. The molecule has 0 aliphatic carbocycles. The number of likely N-dealkylation sites (N-methyl/N-ethyl adjacent to an activating group) is 1. The molecule has 4 aromatic rings. The second-order valence-corrected chi connectivity index (χ2v) is 11.8. The number of carbonyl (C=O) groups excluding carboxylic acids is 2. The van der Waals surface area contributed by atoms with Crippen molar-refractivity contribution in [3.05, 3.63) is 47.8 Å². The number of hydrogen-bond acceptors (Lipinski definition) is 8. The Hall–Kier alpha value is -4.61. The van der Waals surface area contributed by atoms with Crippen LogP contribution in [0.4, 0.5) is 16.4 Å². The number of para-hydroxylation sites is 1. The van der Waals surface area contributed by atoms with Gasteiger partial charge >= 0.3 is 6.09 Å². The highest BCUT2D eigenvalue weighted by molar-refractivity contribution is 6.05. The molecule has 43 heavy (non-hydrogen) atoms. The van der Waals surface area contributed by atoms with Gasteiger partial charge in [0.25, 0.3) is 5.91 Å². The SMILES string of the molecule is Cc1cc2cc(n1)-c1cnn(C)c1OCCCCCn1c(nc3cccc(N(C)CCNC(=O)OC(C)(C)C)c31)NC2=O. The van der Waals surface area contributed by atoms with E-state index in [1.54, 1.807) is 23.0 Å². The molecule has 12 heteroatoms. The molecule has 5 rings (SSSR count). The van der Waals surface area contributed by atoms with Gasteiger partial charge in [-0.1, -0.05) is 6.07 Å². The van der Waals surface area contributed by atoms with Crippen molar-refractivity contribution in [3.63, 3.8) is 0 Å². The van der Waals surface area contributed by atoms with Crippen molar-refractivity contribution in [2.24, 2.45) is 7.05 Å². The van der Waals surface area contributed by atoms with Gasteiger partial charge in [0.1, 0.15) is 5.60 Å². The van der Waals surface area contributed by atoms with Crippen molar-refractivity contribution in [1.82, 2.24) is 29.6 Å². The van der Waals surface area contributed by atoms with Crippen LogP contribution in [-0.4, -0.2) is 68.7 Å². The molecule has 1 aliphatic heterocycles. The summed E-state index contributed by atoms with van der Waals surface area (Å²) in [5.74, 6) is 0.838. The van der Waals surface area contributed by atoms with Crippen LogP contribution in [0.2, 0.25) is 0 Å². The third kappa shape index (κ3) is 6.90. The Kier molecular flexibility index (Phi) is 8.56. The monoisotopic (exact) mass is 588 g/mol. The zero-order chi connectivity index (χ0) is 30.7. The van der Waals surface area contributed by atoms with Crippen molar-refractivity contribution < 1.29 is 19.1 Å². The molecule has 2 bridgehead atoms. The van der Waals surface area contributed by atoms with E-state index in [-0.39, 0.29) is 5.91 Å². The van der Waals surface area contributed by atoms with Gasteiger partial charge in [-0.25, -0.2) is 14.5 Å². The predicted molar refractivity (Wildman–Crippen MR) is 166 cm³/mol. The molecule has 0 unspecified atom stereocenters. The number of nitrogens with one attached hydrogen (secondary N) is 2. The molecule has 1 aliphatic rings. The molecule has 4 heterocycles. The standard InChI is InChI=1S/C31H40N8O4/c1-20-17-21-18-24(34-20)22-19-33-38(6)28(22)42-16-9-7-8-14-39-26-23(35-29(39)36-27(21)40)11-10-12-25(26)37(5)15-13-32-30(41)43-31(2,3)4/h10-12,17-19H,7-9,13-16H2,1-6H3,(H,32,41)(H,35,36,40). The van der Waals surface area contributed by atoms with Crippen molar-refractivity contribution >= 4 is 34.7 Å². The summed E-state index contributed by atoms with van der Waals surface area (Å²) in [4.78, 5) is 37.4. The Morgan fingerprint density at radius 1 is 1.19 bits per heavy atom. The molecule has 0 spiro atoms. The van der Waals surface area contributed by atoms with Crippen LogP contribution in [-0.2, 0) is 18.3 Å². The fourth-order valence-electron chi connectivity index (χ4n) is 5.15. The lowest BCUT2D eigenvalue weighted by Crippen LogP contribution is -2.37. The fraction of sp³-hybridized carbons (Fsp3) is 0.452. The summed E-state index contributed by atoms with van der Waals surface area (Å²) in [5.41, 5.74) is 4.63. The molecule has 0 atom stereocenters. The molecule has 0 radical (unpaired) electrons. The van der Waals surface area contributed by atoms with E-state index in [1.165, 1.54) is 0 Å². The third-order valence-corrected chi connectivity index (χ3v) is 7.14. The molecule has 0 saturated heterocycles. The number of fused-ring (bicyclic) bond motifs is 7. The van der Waals surface area contributed by atoms with E-state index in [1.807, 2.05) is 60.0 Å². The number of carbonyl (C=O) groups is 2. The van der Waals surface area contributed by atoms with Crippen LogP contribution in [0, 0.1) is 6.92 Å². The Labute approximate surface area is 251 Å². The summed E-state index contributed by atoms with van der Waals surface area (Å²) in [7, 11) is 3.81. The fourth-order valence-corrected chi connectivity index (χ4v) is 5.15. The number of rotatable bonds is 4. The van der Waals surface area contributed by atoms with Crippen molar-refractivity contribution in [2.45, 2.75) is 59.1 Å². The summed E-state index contributed by atoms with van der Waals surface area (Å²) in [6.45, 7) is 9.52. The molecule has 2 amide bonds. The number of hydrogen-bond donors (Lipinski definition) is 2. The molecule has 0 fully saturated rings. The average molecular weight is 589 g/mol. The second kappa shape index (κ2) is 12.3. The first-order chi connectivity index (χ1) is 20.5.